The molecular formula is C47H57N3O10S. The predicted molar refractivity (Wildman–Crippen MR) is 236 cm³/mol. The topological polar surface area (TPSA) is 144 Å². The fourth-order valence-corrected chi connectivity index (χ4v) is 7.29. The van der Waals surface area contributed by atoms with E-state index in [1.54, 1.807) is 30.3 Å². The molecule has 61 heavy (non-hydrogen) atoms. The molecule has 0 atom stereocenters. The zero-order chi connectivity index (χ0) is 43.2. The van der Waals surface area contributed by atoms with E-state index in [0.717, 1.165) is 84.2 Å². The van der Waals surface area contributed by atoms with Gasteiger partial charge in [-0.2, -0.15) is 5.10 Å². The number of para-hydroxylation sites is 1. The molecule has 0 aliphatic heterocycles. The molecule has 14 heteroatoms. The molecular weight excluding hydrogens is 799 g/mol. The molecule has 0 N–H and O–H groups in total. The summed E-state index contributed by atoms with van der Waals surface area (Å²) in [6.45, 7) is 13.2. The first-order valence-corrected chi connectivity index (χ1v) is 21.6. The van der Waals surface area contributed by atoms with Gasteiger partial charge in [0, 0.05) is 17.2 Å². The first kappa shape index (κ1) is 46.5. The lowest BCUT2D eigenvalue weighted by molar-refractivity contribution is -0.141. The number of aryl methyl sites for hydroxylation is 1. The van der Waals surface area contributed by atoms with Gasteiger partial charge in [-0.1, -0.05) is 48.3 Å². The van der Waals surface area contributed by atoms with Crippen LogP contribution in [-0.2, 0) is 33.3 Å². The number of thiazole rings is 1. The molecule has 326 valence electrons. The highest BCUT2D eigenvalue weighted by Crippen LogP contribution is 2.32. The van der Waals surface area contributed by atoms with Gasteiger partial charge in [0.05, 0.1) is 62.0 Å². The zero-order valence-corrected chi connectivity index (χ0v) is 36.0. The highest BCUT2D eigenvalue weighted by Gasteiger charge is 2.28. The Bertz CT molecular complexity index is 2030. The lowest BCUT2D eigenvalue weighted by Crippen LogP contribution is -2.27. The Balaban J connectivity index is 1.05. The standard InChI is InChI=1S/C47H57N3O10S/c1-5-44(51)57-25-11-7-6-10-24-56-39-19-21-40(22-20-39)60-46(53)37-17-15-36(16-18-37)32-59-42-23-14-35(4)30-38(42)31-48-50(47-49-41-12-8-9-13-43(41)61-47)33-55-27-26-54-28-29-58-45(52)34(2)3/h5,8-9,12-14,19-23,30-31,36-37H,1-2,6-7,10-11,15-18,24-29,32-33H2,3-4H3/b48-31+. The molecule has 4 aromatic rings. The third-order valence-electron chi connectivity index (χ3n) is 9.81. The number of hydrazone groups is 1. The van der Waals surface area contributed by atoms with Crippen LogP contribution < -0.4 is 19.2 Å². The normalized spacial score (nSPS) is 15.0. The van der Waals surface area contributed by atoms with Crippen LogP contribution in [0.1, 0.15) is 69.4 Å². The summed E-state index contributed by atoms with van der Waals surface area (Å²) >= 11 is 1.52. The highest BCUT2D eigenvalue weighted by atomic mass is 32.1. The van der Waals surface area contributed by atoms with E-state index in [1.165, 1.54) is 17.4 Å². The highest BCUT2D eigenvalue weighted by molar-refractivity contribution is 7.22. The fourth-order valence-electron chi connectivity index (χ4n) is 6.38. The summed E-state index contributed by atoms with van der Waals surface area (Å²) in [5, 5.41) is 7.21. The fraction of sp³-hybridized carbons (Fsp3) is 0.426. The van der Waals surface area contributed by atoms with Gasteiger partial charge in [0.1, 0.15) is 30.6 Å². The van der Waals surface area contributed by atoms with Gasteiger partial charge in [-0.25, -0.2) is 19.6 Å². The van der Waals surface area contributed by atoms with E-state index in [4.69, 9.17) is 43.2 Å². The summed E-state index contributed by atoms with van der Waals surface area (Å²) in [6, 6.07) is 21.1. The molecule has 13 nitrogen and oxygen atoms in total. The van der Waals surface area contributed by atoms with Gasteiger partial charge >= 0.3 is 17.9 Å². The number of benzene rings is 3. The van der Waals surface area contributed by atoms with Crippen molar-refractivity contribution in [2.45, 2.75) is 65.2 Å². The monoisotopic (exact) mass is 855 g/mol. The van der Waals surface area contributed by atoms with Crippen LogP contribution >= 0.6 is 11.3 Å². The number of esters is 3. The maximum absolute atomic E-state index is 13.1. The van der Waals surface area contributed by atoms with Gasteiger partial charge in [-0.05, 0) is 120 Å². The Morgan fingerprint density at radius 2 is 1.56 bits per heavy atom. The van der Waals surface area contributed by atoms with E-state index in [0.29, 0.717) is 55.4 Å². The first-order chi connectivity index (χ1) is 29.7. The molecule has 0 amide bonds. The molecule has 1 fully saturated rings. The number of fused-ring (bicyclic) bond motifs is 1. The van der Waals surface area contributed by atoms with Crippen LogP contribution in [0.5, 0.6) is 17.2 Å². The molecule has 0 unspecified atom stereocenters. The first-order valence-electron chi connectivity index (χ1n) is 20.8. The Morgan fingerprint density at radius 3 is 2.31 bits per heavy atom. The largest absolute Gasteiger partial charge is 0.494 e. The van der Waals surface area contributed by atoms with Gasteiger partial charge in [0.25, 0.3) is 0 Å². The van der Waals surface area contributed by atoms with Crippen molar-refractivity contribution in [3.63, 3.8) is 0 Å². The smallest absolute Gasteiger partial charge is 0.333 e. The summed E-state index contributed by atoms with van der Waals surface area (Å²) in [6.07, 6.45) is 9.74. The quantitative estimate of drug-likeness (QED) is 0.0113. The summed E-state index contributed by atoms with van der Waals surface area (Å²) in [4.78, 5) is 40.5. The number of carbonyl (C=O) groups is 3. The van der Waals surface area contributed by atoms with Gasteiger partial charge < -0.3 is 33.2 Å². The third-order valence-corrected chi connectivity index (χ3v) is 10.9. The molecule has 5 rings (SSSR count). The number of ether oxygens (including phenoxy) is 7. The van der Waals surface area contributed by atoms with Gasteiger partial charge in [-0.3, -0.25) is 4.79 Å². The summed E-state index contributed by atoms with van der Waals surface area (Å²) in [7, 11) is 0. The van der Waals surface area contributed by atoms with Crippen molar-refractivity contribution < 1.29 is 47.5 Å². The molecule has 1 aliphatic carbocycles. The van der Waals surface area contributed by atoms with Crippen LogP contribution in [0.2, 0.25) is 0 Å². The van der Waals surface area contributed by atoms with Crippen LogP contribution in [0.15, 0.2) is 96.6 Å². The number of aromatic nitrogens is 1. The molecule has 0 saturated heterocycles. The maximum atomic E-state index is 13.1. The number of nitrogens with zero attached hydrogens (tertiary/aromatic N) is 3. The molecule has 1 aliphatic rings. The lowest BCUT2D eigenvalue weighted by atomic mass is 9.82. The van der Waals surface area contributed by atoms with Crippen LogP contribution in [-0.4, -0.2) is 82.1 Å². The second kappa shape index (κ2) is 25.3. The summed E-state index contributed by atoms with van der Waals surface area (Å²) < 4.78 is 40.6. The lowest BCUT2D eigenvalue weighted by Gasteiger charge is -2.27. The maximum Gasteiger partial charge on any atom is 0.333 e. The minimum Gasteiger partial charge on any atom is -0.494 e. The Morgan fingerprint density at radius 1 is 0.836 bits per heavy atom. The van der Waals surface area contributed by atoms with E-state index < -0.39 is 11.9 Å². The number of hydrogen-bond donors (Lipinski definition) is 0. The van der Waals surface area contributed by atoms with E-state index in [9.17, 15) is 14.4 Å². The Labute approximate surface area is 362 Å². The molecule has 1 aromatic heterocycles. The summed E-state index contributed by atoms with van der Waals surface area (Å²) in [5.41, 5.74) is 3.11. The Kier molecular flexibility index (Phi) is 19.3. The van der Waals surface area contributed by atoms with E-state index in [1.807, 2.05) is 61.5 Å². The predicted octanol–water partition coefficient (Wildman–Crippen LogP) is 9.01. The van der Waals surface area contributed by atoms with Gasteiger partial charge in [0.15, 0.2) is 0 Å². The average Bonchev–Trinajstić information content (AvgIpc) is 3.71. The molecule has 3 aromatic carbocycles. The number of anilines is 1. The molecule has 0 bridgehead atoms. The van der Waals surface area contributed by atoms with Crippen LogP contribution in [0.3, 0.4) is 0 Å². The number of unbranched alkanes of at least 4 members (excludes halogenated alkanes) is 3. The average molecular weight is 856 g/mol. The Hall–Kier alpha value is -5.57. The zero-order valence-electron chi connectivity index (χ0n) is 35.2. The van der Waals surface area contributed by atoms with Crippen molar-refractivity contribution in [1.82, 2.24) is 4.98 Å². The van der Waals surface area contributed by atoms with Gasteiger partial charge in [0.2, 0.25) is 5.13 Å². The SMILES string of the molecule is C=CC(=O)OCCCCCCOc1ccc(OC(=O)C2CCC(COc3ccc(C)cc3/C=N/N(COCCOCCOC(=O)C(=C)C)c3nc4ccccc4s3)CC2)cc1. The second-order valence-electron chi connectivity index (χ2n) is 14.8. The third kappa shape index (κ3) is 16.1. The van der Waals surface area contributed by atoms with E-state index >= 15 is 0 Å². The van der Waals surface area contributed by atoms with Crippen molar-refractivity contribution in [1.29, 1.82) is 0 Å². The summed E-state index contributed by atoms with van der Waals surface area (Å²) in [5.74, 6) is 1.04. The second-order valence-corrected chi connectivity index (χ2v) is 15.8. The molecule has 0 radical (unpaired) electrons. The van der Waals surface area contributed by atoms with Crippen molar-refractivity contribution in [2.24, 2.45) is 16.9 Å². The van der Waals surface area contributed by atoms with E-state index in [2.05, 4.69) is 13.2 Å². The number of hydrogen-bond acceptors (Lipinski definition) is 14. The minimum atomic E-state index is -0.441. The number of carbonyl (C=O) groups excluding carboxylic acids is 3. The molecule has 1 saturated carbocycles. The van der Waals surface area contributed by atoms with E-state index in [-0.39, 0.29) is 31.8 Å². The van der Waals surface area contributed by atoms with Crippen LogP contribution in [0, 0.1) is 18.8 Å². The van der Waals surface area contributed by atoms with Crippen LogP contribution in [0.4, 0.5) is 5.13 Å². The van der Waals surface area contributed by atoms with Gasteiger partial charge in [-0.15, -0.1) is 0 Å². The molecule has 1 heterocycles. The minimum absolute atomic E-state index is 0.138. The molecule has 0 spiro atoms. The number of rotatable bonds is 26. The van der Waals surface area contributed by atoms with Crippen molar-refractivity contribution in [3.05, 3.63) is 103 Å². The van der Waals surface area contributed by atoms with Crippen LogP contribution in [0.25, 0.3) is 10.2 Å². The van der Waals surface area contributed by atoms with Crippen molar-refractivity contribution >= 4 is 50.8 Å². The van der Waals surface area contributed by atoms with Crippen molar-refractivity contribution in [2.75, 3.05) is 58.0 Å². The van der Waals surface area contributed by atoms with Crippen molar-refractivity contribution in [3.8, 4) is 17.2 Å².